The first-order valence-electron chi connectivity index (χ1n) is 9.11. The fraction of sp³-hybridized carbons (Fsp3) is 0.261. The number of aryl methyl sites for hydroxylation is 2. The molecule has 0 fully saturated rings. The average molecular weight is 378 g/mol. The summed E-state index contributed by atoms with van der Waals surface area (Å²) in [6, 6.07) is 16.4. The van der Waals surface area contributed by atoms with Gasteiger partial charge in [-0.1, -0.05) is 29.8 Å². The first-order chi connectivity index (χ1) is 13.4. The van der Waals surface area contributed by atoms with E-state index in [1.54, 1.807) is 14.2 Å². The second-order valence-electron chi connectivity index (χ2n) is 6.89. The topological polar surface area (TPSA) is 43.7 Å². The van der Waals surface area contributed by atoms with E-state index in [9.17, 15) is 4.79 Å². The summed E-state index contributed by atoms with van der Waals surface area (Å²) in [5.74, 6) is 0.626. The van der Waals surface area contributed by atoms with Gasteiger partial charge < -0.3 is 9.30 Å². The van der Waals surface area contributed by atoms with Crippen LogP contribution in [0.3, 0.4) is 0 Å². The summed E-state index contributed by atoms with van der Waals surface area (Å²) < 4.78 is 7.50. The van der Waals surface area contributed by atoms with Gasteiger partial charge in [0.25, 0.3) is 5.91 Å². The van der Waals surface area contributed by atoms with Crippen molar-refractivity contribution in [1.82, 2.24) is 9.63 Å². The van der Waals surface area contributed by atoms with E-state index < -0.39 is 0 Å². The molecule has 0 aliphatic carbocycles. The molecule has 0 N–H and O–H groups in total. The van der Waals surface area contributed by atoms with Gasteiger partial charge >= 0.3 is 0 Å². The minimum Gasteiger partial charge on any atom is -0.496 e. The molecule has 5 heteroatoms. The van der Waals surface area contributed by atoms with Gasteiger partial charge in [-0.25, -0.2) is 5.06 Å². The van der Waals surface area contributed by atoms with Crippen LogP contribution in [0.1, 0.15) is 21.6 Å². The van der Waals surface area contributed by atoms with Crippen LogP contribution in [0.4, 0.5) is 0 Å². The van der Waals surface area contributed by atoms with Gasteiger partial charge in [-0.2, -0.15) is 0 Å². The highest BCUT2D eigenvalue weighted by molar-refractivity contribution is 5.94. The summed E-state index contributed by atoms with van der Waals surface area (Å²) in [4.78, 5) is 17.6. The van der Waals surface area contributed by atoms with Crippen molar-refractivity contribution < 1.29 is 14.4 Å². The van der Waals surface area contributed by atoms with E-state index in [0.717, 1.165) is 33.7 Å². The SMILES string of the molecule is COc1ccc(-c2c(C)cc(C(=O)N(C)OC)n2C)cc1-c1ccc(C)cc1. The third kappa shape index (κ3) is 3.53. The maximum atomic E-state index is 12.6. The van der Waals surface area contributed by atoms with E-state index >= 15 is 0 Å². The largest absolute Gasteiger partial charge is 0.496 e. The zero-order chi connectivity index (χ0) is 20.4. The standard InChI is InChI=1S/C23H26N2O3/c1-15-7-9-17(10-8-15)19-14-18(11-12-21(19)27-5)22-16(2)13-20(24(22)3)23(26)25(4)28-6/h7-14H,1-6H3. The lowest BCUT2D eigenvalue weighted by Gasteiger charge is -2.16. The van der Waals surface area contributed by atoms with E-state index in [2.05, 4.69) is 37.3 Å². The van der Waals surface area contributed by atoms with Gasteiger partial charge in [0, 0.05) is 19.7 Å². The van der Waals surface area contributed by atoms with Crippen molar-refractivity contribution in [2.75, 3.05) is 21.3 Å². The Morgan fingerprint density at radius 3 is 2.21 bits per heavy atom. The molecule has 0 unspecified atom stereocenters. The summed E-state index contributed by atoms with van der Waals surface area (Å²) in [5.41, 5.74) is 6.93. The lowest BCUT2D eigenvalue weighted by Crippen LogP contribution is -2.27. The monoisotopic (exact) mass is 378 g/mol. The fourth-order valence-electron chi connectivity index (χ4n) is 3.44. The summed E-state index contributed by atoms with van der Waals surface area (Å²) >= 11 is 0. The number of carbonyl (C=O) groups excluding carboxylic acids is 1. The second-order valence-corrected chi connectivity index (χ2v) is 6.89. The molecule has 5 nitrogen and oxygen atoms in total. The Morgan fingerprint density at radius 2 is 1.61 bits per heavy atom. The smallest absolute Gasteiger partial charge is 0.293 e. The summed E-state index contributed by atoms with van der Waals surface area (Å²) in [6.07, 6.45) is 0. The number of rotatable bonds is 5. The van der Waals surface area contributed by atoms with Gasteiger partial charge in [0.2, 0.25) is 0 Å². The van der Waals surface area contributed by atoms with Gasteiger partial charge in [-0.15, -0.1) is 0 Å². The highest BCUT2D eigenvalue weighted by atomic mass is 16.7. The third-order valence-corrected chi connectivity index (χ3v) is 5.04. The third-order valence-electron chi connectivity index (χ3n) is 5.04. The number of methoxy groups -OCH3 is 1. The van der Waals surface area contributed by atoms with Crippen LogP contribution in [0.25, 0.3) is 22.4 Å². The zero-order valence-corrected chi connectivity index (χ0v) is 17.2. The van der Waals surface area contributed by atoms with Crippen molar-refractivity contribution in [2.24, 2.45) is 7.05 Å². The Labute approximate surface area is 166 Å². The van der Waals surface area contributed by atoms with Crippen LogP contribution >= 0.6 is 0 Å². The maximum absolute atomic E-state index is 12.6. The Balaban J connectivity index is 2.12. The minimum absolute atomic E-state index is 0.188. The Morgan fingerprint density at radius 1 is 0.964 bits per heavy atom. The Kier molecular flexibility index (Phi) is 5.56. The van der Waals surface area contributed by atoms with Crippen LogP contribution in [0.15, 0.2) is 48.5 Å². The Bertz CT molecular complexity index is 1000. The van der Waals surface area contributed by atoms with Crippen molar-refractivity contribution in [3.63, 3.8) is 0 Å². The molecule has 0 spiro atoms. The molecule has 0 saturated heterocycles. The minimum atomic E-state index is -0.188. The molecule has 0 saturated carbocycles. The lowest BCUT2D eigenvalue weighted by atomic mass is 9.98. The number of carbonyl (C=O) groups is 1. The van der Waals surface area contributed by atoms with Crippen molar-refractivity contribution in [2.45, 2.75) is 13.8 Å². The first-order valence-corrected chi connectivity index (χ1v) is 9.11. The average Bonchev–Trinajstić information content (AvgIpc) is 3.01. The van der Waals surface area contributed by atoms with E-state index in [1.807, 2.05) is 36.7 Å². The van der Waals surface area contributed by atoms with E-state index in [4.69, 9.17) is 9.57 Å². The van der Waals surface area contributed by atoms with E-state index in [-0.39, 0.29) is 5.91 Å². The van der Waals surface area contributed by atoms with Crippen LogP contribution < -0.4 is 4.74 Å². The van der Waals surface area contributed by atoms with Crippen LogP contribution in [0, 0.1) is 13.8 Å². The normalized spacial score (nSPS) is 10.8. The molecule has 1 amide bonds. The second kappa shape index (κ2) is 7.90. The molecule has 2 aromatic carbocycles. The number of benzene rings is 2. The lowest BCUT2D eigenvalue weighted by molar-refractivity contribution is -0.0762. The molecular formula is C23H26N2O3. The first kappa shape index (κ1) is 19.7. The van der Waals surface area contributed by atoms with Gasteiger partial charge in [0.15, 0.2) is 0 Å². The molecule has 0 atom stereocenters. The Hall–Kier alpha value is -3.05. The predicted molar refractivity (Wildman–Crippen MR) is 111 cm³/mol. The molecule has 1 aromatic heterocycles. The number of nitrogens with zero attached hydrogens (tertiary/aromatic N) is 2. The highest BCUT2D eigenvalue weighted by Gasteiger charge is 2.21. The van der Waals surface area contributed by atoms with Crippen molar-refractivity contribution in [3.05, 3.63) is 65.4 Å². The van der Waals surface area contributed by atoms with E-state index in [0.29, 0.717) is 5.69 Å². The van der Waals surface area contributed by atoms with E-state index in [1.165, 1.54) is 17.7 Å². The van der Waals surface area contributed by atoms with Gasteiger partial charge in [0.1, 0.15) is 11.4 Å². The van der Waals surface area contributed by atoms with Crippen LogP contribution in [0.5, 0.6) is 5.75 Å². The molecule has 3 aromatic rings. The number of ether oxygens (including phenoxy) is 1. The van der Waals surface area contributed by atoms with Gasteiger partial charge in [0.05, 0.1) is 19.9 Å². The maximum Gasteiger partial charge on any atom is 0.293 e. The molecule has 0 aliphatic rings. The molecule has 0 bridgehead atoms. The van der Waals surface area contributed by atoms with Crippen molar-refractivity contribution in [3.8, 4) is 28.1 Å². The molecular weight excluding hydrogens is 352 g/mol. The number of hydroxylamine groups is 2. The van der Waals surface area contributed by atoms with Gasteiger partial charge in [-0.05, 0) is 54.8 Å². The number of hydrogen-bond donors (Lipinski definition) is 0. The zero-order valence-electron chi connectivity index (χ0n) is 17.2. The van der Waals surface area contributed by atoms with Crippen LogP contribution in [0.2, 0.25) is 0 Å². The van der Waals surface area contributed by atoms with Crippen LogP contribution in [-0.2, 0) is 11.9 Å². The molecule has 1 heterocycles. The van der Waals surface area contributed by atoms with Gasteiger partial charge in [-0.3, -0.25) is 9.63 Å². The molecule has 3 rings (SSSR count). The summed E-state index contributed by atoms with van der Waals surface area (Å²) in [6.45, 7) is 4.08. The quantitative estimate of drug-likeness (QED) is 0.609. The number of hydrogen-bond acceptors (Lipinski definition) is 3. The summed E-state index contributed by atoms with van der Waals surface area (Å²) in [5, 5.41) is 1.23. The van der Waals surface area contributed by atoms with Crippen molar-refractivity contribution in [1.29, 1.82) is 0 Å². The molecule has 28 heavy (non-hydrogen) atoms. The number of aromatic nitrogens is 1. The van der Waals surface area contributed by atoms with Crippen LogP contribution in [-0.4, -0.2) is 36.8 Å². The van der Waals surface area contributed by atoms with Crippen molar-refractivity contribution >= 4 is 5.91 Å². The number of amides is 1. The highest BCUT2D eigenvalue weighted by Crippen LogP contribution is 2.36. The summed E-state index contributed by atoms with van der Waals surface area (Å²) in [7, 11) is 6.66. The predicted octanol–water partition coefficient (Wildman–Crippen LogP) is 4.62. The molecule has 146 valence electrons. The fourth-order valence-corrected chi connectivity index (χ4v) is 3.44. The molecule has 0 radical (unpaired) electrons. The molecule has 0 aliphatic heterocycles.